The number of aromatic nitrogens is 3. The van der Waals surface area contributed by atoms with Crippen LogP contribution in [0.5, 0.6) is 0 Å². The van der Waals surface area contributed by atoms with Gasteiger partial charge in [-0.15, -0.1) is 0 Å². The minimum Gasteiger partial charge on any atom is -0.378 e. The van der Waals surface area contributed by atoms with E-state index >= 15 is 0 Å². The first-order valence-electron chi connectivity index (χ1n) is 9.83. The van der Waals surface area contributed by atoms with E-state index in [2.05, 4.69) is 38.1 Å². The zero-order valence-corrected chi connectivity index (χ0v) is 16.0. The first-order valence-corrected chi connectivity index (χ1v) is 9.83. The molecule has 7 nitrogen and oxygen atoms in total. The summed E-state index contributed by atoms with van der Waals surface area (Å²) in [5.74, 6) is 1.72. The molecule has 0 saturated carbocycles. The van der Waals surface area contributed by atoms with Gasteiger partial charge in [-0.1, -0.05) is 6.07 Å². The average Bonchev–Trinajstić information content (AvgIpc) is 2.72. The molecular weight excluding hydrogens is 340 g/mol. The third-order valence-electron chi connectivity index (χ3n) is 5.37. The molecule has 144 valence electrons. The topological polar surface area (TPSA) is 66.4 Å². The molecule has 4 rings (SSSR count). The monoisotopic (exact) mass is 368 g/mol. The first-order chi connectivity index (χ1) is 13.3. The Morgan fingerprint density at radius 2 is 1.89 bits per heavy atom. The largest absolute Gasteiger partial charge is 0.378 e. The van der Waals surface area contributed by atoms with Crippen molar-refractivity contribution in [2.75, 3.05) is 49.6 Å². The van der Waals surface area contributed by atoms with Crippen molar-refractivity contribution in [3.8, 4) is 0 Å². The van der Waals surface area contributed by atoms with Crippen molar-refractivity contribution in [2.24, 2.45) is 0 Å². The highest BCUT2D eigenvalue weighted by Gasteiger charge is 2.21. The van der Waals surface area contributed by atoms with E-state index in [0.29, 0.717) is 6.04 Å². The fraction of sp³-hybridized carbons (Fsp3) is 0.550. The summed E-state index contributed by atoms with van der Waals surface area (Å²) in [4.78, 5) is 18.3. The summed E-state index contributed by atoms with van der Waals surface area (Å²) in [5.41, 5.74) is 2.46. The highest BCUT2D eigenvalue weighted by atomic mass is 16.5. The van der Waals surface area contributed by atoms with Crippen LogP contribution < -0.4 is 10.2 Å². The standard InChI is InChI=1S/C20H28N6O/c1-16-3-2-7-21-18(16)15-25-9-5-17(6-10-25)23-19-4-8-22-20(24-19)26-11-13-27-14-12-26/h2-4,7-8,17H,5-6,9-15H2,1H3,(H,22,23,24). The van der Waals surface area contributed by atoms with Crippen LogP contribution in [0.25, 0.3) is 0 Å². The highest BCUT2D eigenvalue weighted by molar-refractivity contribution is 5.42. The van der Waals surface area contributed by atoms with E-state index in [1.807, 2.05) is 24.5 Å². The van der Waals surface area contributed by atoms with E-state index in [0.717, 1.165) is 70.5 Å². The number of hydrogen-bond donors (Lipinski definition) is 1. The van der Waals surface area contributed by atoms with Crippen LogP contribution in [0.3, 0.4) is 0 Å². The summed E-state index contributed by atoms with van der Waals surface area (Å²) in [5, 5.41) is 3.60. The molecule has 0 bridgehead atoms. The van der Waals surface area contributed by atoms with Gasteiger partial charge in [0.25, 0.3) is 0 Å². The zero-order valence-electron chi connectivity index (χ0n) is 16.0. The number of aryl methyl sites for hydroxylation is 1. The van der Waals surface area contributed by atoms with Gasteiger partial charge in [-0.2, -0.15) is 4.98 Å². The predicted molar refractivity (Wildman–Crippen MR) is 106 cm³/mol. The lowest BCUT2D eigenvalue weighted by Crippen LogP contribution is -2.39. The maximum Gasteiger partial charge on any atom is 0.227 e. The number of pyridine rings is 1. The fourth-order valence-corrected chi connectivity index (χ4v) is 3.68. The third-order valence-corrected chi connectivity index (χ3v) is 5.37. The Hall–Kier alpha value is -2.25. The van der Waals surface area contributed by atoms with E-state index in [4.69, 9.17) is 9.72 Å². The average molecular weight is 368 g/mol. The number of morpholine rings is 1. The van der Waals surface area contributed by atoms with Crippen LogP contribution in [0, 0.1) is 6.92 Å². The second-order valence-corrected chi connectivity index (χ2v) is 7.30. The summed E-state index contributed by atoms with van der Waals surface area (Å²) in [6.45, 7) is 8.43. The molecule has 27 heavy (non-hydrogen) atoms. The van der Waals surface area contributed by atoms with Gasteiger partial charge < -0.3 is 15.0 Å². The smallest absolute Gasteiger partial charge is 0.227 e. The van der Waals surface area contributed by atoms with E-state index < -0.39 is 0 Å². The summed E-state index contributed by atoms with van der Waals surface area (Å²) in [7, 11) is 0. The highest BCUT2D eigenvalue weighted by Crippen LogP contribution is 2.19. The quantitative estimate of drug-likeness (QED) is 0.867. The molecule has 2 saturated heterocycles. The fourth-order valence-electron chi connectivity index (χ4n) is 3.68. The van der Waals surface area contributed by atoms with Gasteiger partial charge >= 0.3 is 0 Å². The second kappa shape index (κ2) is 8.63. The molecule has 1 N–H and O–H groups in total. The number of likely N-dealkylation sites (tertiary alicyclic amines) is 1. The molecule has 2 aliphatic heterocycles. The Labute approximate surface area is 160 Å². The molecule has 7 heteroatoms. The summed E-state index contributed by atoms with van der Waals surface area (Å²) in [6.07, 6.45) is 5.96. The molecule has 2 aromatic heterocycles. The number of piperidine rings is 1. The summed E-state index contributed by atoms with van der Waals surface area (Å²) >= 11 is 0. The van der Waals surface area contributed by atoms with Crippen molar-refractivity contribution >= 4 is 11.8 Å². The lowest BCUT2D eigenvalue weighted by Gasteiger charge is -2.33. The van der Waals surface area contributed by atoms with Gasteiger partial charge in [0.2, 0.25) is 5.95 Å². The molecule has 0 unspecified atom stereocenters. The Kier molecular flexibility index (Phi) is 5.79. The summed E-state index contributed by atoms with van der Waals surface area (Å²) in [6, 6.07) is 6.56. The molecule has 2 aromatic rings. The van der Waals surface area contributed by atoms with Crippen molar-refractivity contribution in [3.05, 3.63) is 41.9 Å². The van der Waals surface area contributed by atoms with Crippen LogP contribution in [-0.2, 0) is 11.3 Å². The predicted octanol–water partition coefficient (Wildman–Crippen LogP) is 2.09. The van der Waals surface area contributed by atoms with Crippen molar-refractivity contribution in [3.63, 3.8) is 0 Å². The molecule has 0 atom stereocenters. The van der Waals surface area contributed by atoms with Crippen molar-refractivity contribution in [2.45, 2.75) is 32.4 Å². The minimum atomic E-state index is 0.457. The lowest BCUT2D eigenvalue weighted by molar-refractivity contribution is 0.122. The van der Waals surface area contributed by atoms with E-state index in [1.165, 1.54) is 11.3 Å². The van der Waals surface area contributed by atoms with Gasteiger partial charge in [-0.05, 0) is 37.5 Å². The van der Waals surface area contributed by atoms with Gasteiger partial charge in [0.15, 0.2) is 0 Å². The third kappa shape index (κ3) is 4.73. The molecule has 0 amide bonds. The Morgan fingerprint density at radius 1 is 1.07 bits per heavy atom. The number of anilines is 2. The van der Waals surface area contributed by atoms with Crippen molar-refractivity contribution in [1.29, 1.82) is 0 Å². The van der Waals surface area contributed by atoms with Crippen LogP contribution in [0.15, 0.2) is 30.6 Å². The number of nitrogens with one attached hydrogen (secondary N) is 1. The van der Waals surface area contributed by atoms with Gasteiger partial charge in [0.1, 0.15) is 5.82 Å². The molecular formula is C20H28N6O. The molecule has 4 heterocycles. The minimum absolute atomic E-state index is 0.457. The molecule has 0 aromatic carbocycles. The van der Waals surface area contributed by atoms with Gasteiger partial charge in [-0.3, -0.25) is 9.88 Å². The molecule has 0 spiro atoms. The first kappa shape index (κ1) is 18.1. The van der Waals surface area contributed by atoms with E-state index in [-0.39, 0.29) is 0 Å². The Bertz CT molecular complexity index is 741. The van der Waals surface area contributed by atoms with Crippen LogP contribution in [0.1, 0.15) is 24.1 Å². The molecule has 0 aliphatic carbocycles. The van der Waals surface area contributed by atoms with Crippen LogP contribution in [-0.4, -0.2) is 65.3 Å². The van der Waals surface area contributed by atoms with E-state index in [9.17, 15) is 0 Å². The van der Waals surface area contributed by atoms with Crippen molar-refractivity contribution in [1.82, 2.24) is 19.9 Å². The number of ether oxygens (including phenoxy) is 1. The molecule has 2 aliphatic rings. The van der Waals surface area contributed by atoms with Gasteiger partial charge in [-0.25, -0.2) is 4.98 Å². The van der Waals surface area contributed by atoms with Crippen LogP contribution in [0.4, 0.5) is 11.8 Å². The maximum atomic E-state index is 5.41. The molecule has 2 fully saturated rings. The normalized spacial score (nSPS) is 19.2. The summed E-state index contributed by atoms with van der Waals surface area (Å²) < 4.78 is 5.41. The number of nitrogens with zero attached hydrogens (tertiary/aromatic N) is 5. The van der Waals surface area contributed by atoms with Gasteiger partial charge in [0.05, 0.1) is 18.9 Å². The van der Waals surface area contributed by atoms with Crippen LogP contribution >= 0.6 is 0 Å². The zero-order chi connectivity index (χ0) is 18.5. The van der Waals surface area contributed by atoms with E-state index in [1.54, 1.807) is 0 Å². The van der Waals surface area contributed by atoms with Crippen LogP contribution in [0.2, 0.25) is 0 Å². The Morgan fingerprint density at radius 3 is 2.67 bits per heavy atom. The number of rotatable bonds is 5. The lowest BCUT2D eigenvalue weighted by atomic mass is 10.0. The second-order valence-electron chi connectivity index (χ2n) is 7.30. The number of hydrogen-bond acceptors (Lipinski definition) is 7. The SMILES string of the molecule is Cc1cccnc1CN1CCC(Nc2ccnc(N3CCOCC3)n2)CC1. The van der Waals surface area contributed by atoms with Crippen molar-refractivity contribution < 1.29 is 4.74 Å². The molecule has 0 radical (unpaired) electrons. The van der Waals surface area contributed by atoms with Gasteiger partial charge in [0, 0.05) is 51.2 Å². The maximum absolute atomic E-state index is 5.41. The Balaban J connectivity index is 1.29.